The zero-order valence-electron chi connectivity index (χ0n) is 13.6. The Morgan fingerprint density at radius 2 is 2.10 bits per heavy atom. The molecule has 0 spiro atoms. The van der Waals surface area contributed by atoms with Gasteiger partial charge in [0.25, 0.3) is 0 Å². The number of ether oxygens (including phenoxy) is 1. The second-order valence-electron chi connectivity index (χ2n) is 6.01. The summed E-state index contributed by atoms with van der Waals surface area (Å²) in [5, 5.41) is 0. The first-order chi connectivity index (χ1) is 10.3. The summed E-state index contributed by atoms with van der Waals surface area (Å²) < 4.78 is 5.72. The molecule has 0 saturated carbocycles. The van der Waals surface area contributed by atoms with Gasteiger partial charge >= 0.3 is 0 Å². The van der Waals surface area contributed by atoms with E-state index in [-0.39, 0.29) is 6.04 Å². The summed E-state index contributed by atoms with van der Waals surface area (Å²) >= 11 is 0. The second kappa shape index (κ2) is 8.40. The van der Waals surface area contributed by atoms with Crippen LogP contribution in [0.3, 0.4) is 0 Å². The molecule has 2 atom stereocenters. The Bertz CT molecular complexity index is 419. The monoisotopic (exact) mass is 290 g/mol. The zero-order chi connectivity index (χ0) is 15.1. The molecule has 2 unspecified atom stereocenters. The van der Waals surface area contributed by atoms with Crippen LogP contribution in [-0.4, -0.2) is 30.6 Å². The fraction of sp³-hybridized carbons (Fsp3) is 0.667. The quantitative estimate of drug-likeness (QED) is 0.831. The molecule has 0 radical (unpaired) electrons. The Kier molecular flexibility index (Phi) is 6.52. The Morgan fingerprint density at radius 1 is 1.29 bits per heavy atom. The van der Waals surface area contributed by atoms with Crippen LogP contribution in [0.2, 0.25) is 0 Å². The number of para-hydroxylation sites is 1. The van der Waals surface area contributed by atoms with E-state index in [2.05, 4.69) is 24.0 Å². The van der Waals surface area contributed by atoms with Gasteiger partial charge in [0.05, 0.1) is 6.61 Å². The number of nitrogens with zero attached hydrogens (tertiary/aromatic N) is 1. The van der Waals surface area contributed by atoms with Gasteiger partial charge < -0.3 is 10.5 Å². The third kappa shape index (κ3) is 4.45. The predicted octanol–water partition coefficient (Wildman–Crippen LogP) is 3.74. The molecular formula is C18H30N2O. The fourth-order valence-electron chi connectivity index (χ4n) is 3.39. The van der Waals surface area contributed by atoms with Crippen molar-refractivity contribution in [2.75, 3.05) is 19.7 Å². The molecule has 1 saturated heterocycles. The van der Waals surface area contributed by atoms with E-state index in [1.165, 1.54) is 38.6 Å². The molecule has 3 heteroatoms. The lowest BCUT2D eigenvalue weighted by molar-refractivity contribution is 0.130. The summed E-state index contributed by atoms with van der Waals surface area (Å²) in [4.78, 5) is 2.60. The molecule has 2 N–H and O–H groups in total. The van der Waals surface area contributed by atoms with Crippen molar-refractivity contribution in [3.8, 4) is 5.75 Å². The molecule has 0 bridgehead atoms. The van der Waals surface area contributed by atoms with E-state index in [9.17, 15) is 0 Å². The third-order valence-electron chi connectivity index (χ3n) is 4.42. The van der Waals surface area contributed by atoms with Crippen LogP contribution in [0.5, 0.6) is 5.75 Å². The van der Waals surface area contributed by atoms with Crippen LogP contribution in [0.4, 0.5) is 0 Å². The molecule has 1 aliphatic heterocycles. The van der Waals surface area contributed by atoms with E-state index >= 15 is 0 Å². The summed E-state index contributed by atoms with van der Waals surface area (Å²) in [6.07, 6.45) is 6.55. The van der Waals surface area contributed by atoms with Gasteiger partial charge in [-0.3, -0.25) is 4.90 Å². The van der Waals surface area contributed by atoms with Crippen LogP contribution in [0.1, 0.15) is 57.6 Å². The highest BCUT2D eigenvalue weighted by molar-refractivity contribution is 5.36. The molecule has 1 heterocycles. The van der Waals surface area contributed by atoms with E-state index in [0.717, 1.165) is 17.9 Å². The predicted molar refractivity (Wildman–Crippen MR) is 88.7 cm³/mol. The van der Waals surface area contributed by atoms with Crippen molar-refractivity contribution < 1.29 is 4.74 Å². The van der Waals surface area contributed by atoms with Crippen LogP contribution in [0.25, 0.3) is 0 Å². The van der Waals surface area contributed by atoms with Crippen LogP contribution in [0, 0.1) is 0 Å². The maximum Gasteiger partial charge on any atom is 0.124 e. The normalized spacial score (nSPS) is 21.2. The fourth-order valence-corrected chi connectivity index (χ4v) is 3.39. The van der Waals surface area contributed by atoms with E-state index in [1.54, 1.807) is 0 Å². The third-order valence-corrected chi connectivity index (χ3v) is 4.42. The topological polar surface area (TPSA) is 38.5 Å². The summed E-state index contributed by atoms with van der Waals surface area (Å²) in [6.45, 7) is 7.11. The lowest BCUT2D eigenvalue weighted by Crippen LogP contribution is -2.43. The minimum Gasteiger partial charge on any atom is -0.494 e. The molecule has 118 valence electrons. The molecule has 3 nitrogen and oxygen atoms in total. The maximum atomic E-state index is 6.49. The first-order valence-corrected chi connectivity index (χ1v) is 8.47. The van der Waals surface area contributed by atoms with E-state index in [0.29, 0.717) is 12.6 Å². The molecular weight excluding hydrogens is 260 g/mol. The molecule has 1 fully saturated rings. The number of nitrogens with two attached hydrogens (primary N) is 1. The number of hydrogen-bond donors (Lipinski definition) is 1. The molecule has 1 aromatic carbocycles. The second-order valence-corrected chi connectivity index (χ2v) is 6.01. The molecule has 21 heavy (non-hydrogen) atoms. The summed E-state index contributed by atoms with van der Waals surface area (Å²) in [7, 11) is 0. The number of rotatable bonds is 7. The number of piperidine rings is 1. The van der Waals surface area contributed by atoms with Crippen LogP contribution >= 0.6 is 0 Å². The van der Waals surface area contributed by atoms with Gasteiger partial charge in [0.1, 0.15) is 5.75 Å². The van der Waals surface area contributed by atoms with Crippen molar-refractivity contribution in [2.45, 2.75) is 58.0 Å². The standard InChI is InChI=1S/C18H30N2O/c1-3-9-15-10-7-8-13-20(15)14-17(19)16-11-5-6-12-18(16)21-4-2/h5-6,11-12,15,17H,3-4,7-10,13-14,19H2,1-2H3. The van der Waals surface area contributed by atoms with E-state index in [4.69, 9.17) is 10.5 Å². The SMILES string of the molecule is CCCC1CCCCN1CC(N)c1ccccc1OCC. The smallest absolute Gasteiger partial charge is 0.124 e. The van der Waals surface area contributed by atoms with Crippen molar-refractivity contribution in [1.82, 2.24) is 4.90 Å². The molecule has 0 amide bonds. The van der Waals surface area contributed by atoms with Gasteiger partial charge in [-0.2, -0.15) is 0 Å². The van der Waals surface area contributed by atoms with Gasteiger partial charge in [0.2, 0.25) is 0 Å². The van der Waals surface area contributed by atoms with Crippen LogP contribution < -0.4 is 10.5 Å². The van der Waals surface area contributed by atoms with Crippen molar-refractivity contribution in [3.63, 3.8) is 0 Å². The molecule has 0 aromatic heterocycles. The average Bonchev–Trinajstić information content (AvgIpc) is 2.50. The number of benzene rings is 1. The highest BCUT2D eigenvalue weighted by atomic mass is 16.5. The van der Waals surface area contributed by atoms with E-state index in [1.807, 2.05) is 19.1 Å². The van der Waals surface area contributed by atoms with Crippen molar-refractivity contribution in [3.05, 3.63) is 29.8 Å². The van der Waals surface area contributed by atoms with Crippen molar-refractivity contribution >= 4 is 0 Å². The van der Waals surface area contributed by atoms with Gasteiger partial charge in [-0.1, -0.05) is 38.0 Å². The molecule has 1 aliphatic rings. The Labute approximate surface area is 129 Å². The van der Waals surface area contributed by atoms with Crippen molar-refractivity contribution in [1.29, 1.82) is 0 Å². The van der Waals surface area contributed by atoms with E-state index < -0.39 is 0 Å². The number of hydrogen-bond acceptors (Lipinski definition) is 3. The highest BCUT2D eigenvalue weighted by Crippen LogP contribution is 2.27. The molecule has 1 aromatic rings. The summed E-state index contributed by atoms with van der Waals surface area (Å²) in [6, 6.07) is 8.95. The Hall–Kier alpha value is -1.06. The van der Waals surface area contributed by atoms with Gasteiger partial charge in [0, 0.05) is 24.2 Å². The minimum absolute atomic E-state index is 0.0326. The van der Waals surface area contributed by atoms with Crippen LogP contribution in [-0.2, 0) is 0 Å². The first kappa shape index (κ1) is 16.3. The zero-order valence-corrected chi connectivity index (χ0v) is 13.6. The van der Waals surface area contributed by atoms with Crippen molar-refractivity contribution in [2.24, 2.45) is 5.73 Å². The van der Waals surface area contributed by atoms with Crippen LogP contribution in [0.15, 0.2) is 24.3 Å². The van der Waals surface area contributed by atoms with Gasteiger partial charge in [-0.15, -0.1) is 0 Å². The minimum atomic E-state index is 0.0326. The molecule has 2 rings (SSSR count). The summed E-state index contributed by atoms with van der Waals surface area (Å²) in [5.74, 6) is 0.941. The highest BCUT2D eigenvalue weighted by Gasteiger charge is 2.24. The number of likely N-dealkylation sites (tertiary alicyclic amines) is 1. The van der Waals surface area contributed by atoms with Gasteiger partial charge in [-0.25, -0.2) is 0 Å². The first-order valence-electron chi connectivity index (χ1n) is 8.47. The Morgan fingerprint density at radius 3 is 2.86 bits per heavy atom. The van der Waals surface area contributed by atoms with Gasteiger partial charge in [0.15, 0.2) is 0 Å². The Balaban J connectivity index is 2.04. The maximum absolute atomic E-state index is 6.49. The average molecular weight is 290 g/mol. The largest absolute Gasteiger partial charge is 0.494 e. The van der Waals surface area contributed by atoms with Gasteiger partial charge in [-0.05, 0) is 38.8 Å². The lowest BCUT2D eigenvalue weighted by atomic mass is 9.96. The summed E-state index contributed by atoms with van der Waals surface area (Å²) in [5.41, 5.74) is 7.63. The lowest BCUT2D eigenvalue weighted by Gasteiger charge is -2.37. The molecule has 0 aliphatic carbocycles.